The smallest absolute Gasteiger partial charge is 0.123 e. The molecule has 0 amide bonds. The fraction of sp³-hybridized carbons (Fsp3) is 0.333. The fourth-order valence-corrected chi connectivity index (χ4v) is 2.22. The van der Waals surface area contributed by atoms with Crippen molar-refractivity contribution >= 4 is 0 Å². The Labute approximate surface area is 126 Å². The van der Waals surface area contributed by atoms with E-state index in [9.17, 15) is 4.39 Å². The van der Waals surface area contributed by atoms with Gasteiger partial charge in [-0.1, -0.05) is 30.3 Å². The van der Waals surface area contributed by atoms with Crippen LogP contribution in [0.1, 0.15) is 18.9 Å². The van der Waals surface area contributed by atoms with E-state index in [0.29, 0.717) is 12.6 Å². The van der Waals surface area contributed by atoms with Gasteiger partial charge >= 0.3 is 0 Å². The predicted octanol–water partition coefficient (Wildman–Crippen LogP) is 3.82. The molecule has 2 aromatic carbocycles. The topological polar surface area (TPSA) is 21.3 Å². The van der Waals surface area contributed by atoms with Crippen LogP contribution in [0.25, 0.3) is 0 Å². The van der Waals surface area contributed by atoms with Crippen molar-refractivity contribution < 1.29 is 9.13 Å². The number of rotatable bonds is 8. The number of benzene rings is 2. The van der Waals surface area contributed by atoms with Crippen LogP contribution < -0.4 is 10.1 Å². The van der Waals surface area contributed by atoms with Crippen LogP contribution in [0.15, 0.2) is 54.6 Å². The summed E-state index contributed by atoms with van der Waals surface area (Å²) in [5.74, 6) is 0.737. The van der Waals surface area contributed by atoms with Crippen molar-refractivity contribution in [3.05, 3.63) is 66.0 Å². The molecular formula is C18H22FNO. The Hall–Kier alpha value is -1.87. The zero-order chi connectivity index (χ0) is 14.9. The molecule has 0 radical (unpaired) electrons. The maximum Gasteiger partial charge on any atom is 0.123 e. The van der Waals surface area contributed by atoms with Crippen LogP contribution in [-0.4, -0.2) is 19.2 Å². The summed E-state index contributed by atoms with van der Waals surface area (Å²) >= 11 is 0. The molecule has 0 aliphatic heterocycles. The van der Waals surface area contributed by atoms with Crippen LogP contribution in [0.5, 0.6) is 5.75 Å². The molecule has 3 heteroatoms. The van der Waals surface area contributed by atoms with E-state index in [1.54, 1.807) is 12.1 Å². The third-order valence-electron chi connectivity index (χ3n) is 3.26. The van der Waals surface area contributed by atoms with Gasteiger partial charge in [-0.3, -0.25) is 0 Å². The molecular weight excluding hydrogens is 265 g/mol. The van der Waals surface area contributed by atoms with Crippen molar-refractivity contribution in [2.45, 2.75) is 25.8 Å². The van der Waals surface area contributed by atoms with Crippen molar-refractivity contribution in [2.24, 2.45) is 0 Å². The van der Waals surface area contributed by atoms with Crippen LogP contribution in [0, 0.1) is 5.82 Å². The largest absolute Gasteiger partial charge is 0.494 e. The van der Waals surface area contributed by atoms with Crippen LogP contribution in [-0.2, 0) is 6.42 Å². The summed E-state index contributed by atoms with van der Waals surface area (Å²) in [6.07, 6.45) is 1.78. The molecule has 2 aromatic rings. The first-order chi connectivity index (χ1) is 10.2. The molecule has 1 unspecified atom stereocenters. The number of hydrogen-bond acceptors (Lipinski definition) is 2. The zero-order valence-electron chi connectivity index (χ0n) is 12.4. The first-order valence-corrected chi connectivity index (χ1v) is 7.40. The second-order valence-corrected chi connectivity index (χ2v) is 5.20. The quantitative estimate of drug-likeness (QED) is 0.745. The number of hydrogen-bond donors (Lipinski definition) is 1. The van der Waals surface area contributed by atoms with Gasteiger partial charge in [-0.05, 0) is 56.1 Å². The number of halogens is 1. The maximum absolute atomic E-state index is 13.1. The molecule has 0 bridgehead atoms. The lowest BCUT2D eigenvalue weighted by Gasteiger charge is -2.14. The van der Waals surface area contributed by atoms with E-state index in [2.05, 4.69) is 12.2 Å². The van der Waals surface area contributed by atoms with Crippen LogP contribution in [0.3, 0.4) is 0 Å². The Kier molecular flexibility index (Phi) is 6.22. The van der Waals surface area contributed by atoms with Crippen molar-refractivity contribution in [1.29, 1.82) is 0 Å². The molecule has 112 valence electrons. The van der Waals surface area contributed by atoms with Crippen molar-refractivity contribution in [2.75, 3.05) is 13.2 Å². The lowest BCUT2D eigenvalue weighted by Crippen LogP contribution is -2.29. The van der Waals surface area contributed by atoms with E-state index in [4.69, 9.17) is 4.74 Å². The van der Waals surface area contributed by atoms with Crippen LogP contribution >= 0.6 is 0 Å². The second-order valence-electron chi connectivity index (χ2n) is 5.20. The van der Waals surface area contributed by atoms with Gasteiger partial charge < -0.3 is 10.1 Å². The van der Waals surface area contributed by atoms with Gasteiger partial charge in [0.05, 0.1) is 6.61 Å². The van der Waals surface area contributed by atoms with E-state index < -0.39 is 0 Å². The monoisotopic (exact) mass is 287 g/mol. The SMILES string of the molecule is CC(Cc1cccc(F)c1)NCCCOc1ccccc1. The molecule has 0 heterocycles. The minimum Gasteiger partial charge on any atom is -0.494 e. The predicted molar refractivity (Wildman–Crippen MR) is 84.1 cm³/mol. The summed E-state index contributed by atoms with van der Waals surface area (Å²) in [5, 5.41) is 3.43. The van der Waals surface area contributed by atoms with Gasteiger partial charge in [-0.15, -0.1) is 0 Å². The Balaban J connectivity index is 1.60. The summed E-state index contributed by atoms with van der Waals surface area (Å²) in [5.41, 5.74) is 1.02. The molecule has 0 saturated carbocycles. The molecule has 0 spiro atoms. The summed E-state index contributed by atoms with van der Waals surface area (Å²) in [7, 11) is 0. The second kappa shape index (κ2) is 8.42. The molecule has 0 fully saturated rings. The number of nitrogens with one attached hydrogen (secondary N) is 1. The molecule has 2 nitrogen and oxygen atoms in total. The first-order valence-electron chi connectivity index (χ1n) is 7.40. The Morgan fingerprint density at radius 1 is 1.10 bits per heavy atom. The van der Waals surface area contributed by atoms with Crippen LogP contribution in [0.2, 0.25) is 0 Å². The third kappa shape index (κ3) is 5.96. The van der Waals surface area contributed by atoms with Gasteiger partial charge in [-0.2, -0.15) is 0 Å². The maximum atomic E-state index is 13.1. The average molecular weight is 287 g/mol. The molecule has 1 N–H and O–H groups in total. The van der Waals surface area contributed by atoms with Gasteiger partial charge in [-0.25, -0.2) is 4.39 Å². The molecule has 0 aliphatic rings. The highest BCUT2D eigenvalue weighted by atomic mass is 19.1. The van der Waals surface area contributed by atoms with E-state index in [-0.39, 0.29) is 5.82 Å². The Morgan fingerprint density at radius 2 is 1.90 bits per heavy atom. The number of ether oxygens (including phenoxy) is 1. The number of para-hydroxylation sites is 1. The molecule has 0 saturated heterocycles. The van der Waals surface area contributed by atoms with E-state index >= 15 is 0 Å². The highest BCUT2D eigenvalue weighted by Gasteiger charge is 2.03. The third-order valence-corrected chi connectivity index (χ3v) is 3.26. The van der Waals surface area contributed by atoms with Gasteiger partial charge in [0.2, 0.25) is 0 Å². The lowest BCUT2D eigenvalue weighted by atomic mass is 10.1. The van der Waals surface area contributed by atoms with Crippen molar-refractivity contribution in [1.82, 2.24) is 5.32 Å². The normalized spacial score (nSPS) is 12.1. The minimum atomic E-state index is -0.170. The molecule has 2 rings (SSSR count). The van der Waals surface area contributed by atoms with E-state index in [1.807, 2.05) is 36.4 Å². The summed E-state index contributed by atoms with van der Waals surface area (Å²) < 4.78 is 18.7. The Bertz CT molecular complexity index is 530. The van der Waals surface area contributed by atoms with Crippen molar-refractivity contribution in [3.63, 3.8) is 0 Å². The standard InChI is InChI=1S/C18H22FNO/c1-15(13-16-7-5-8-17(19)14-16)20-11-6-12-21-18-9-3-2-4-10-18/h2-5,7-10,14-15,20H,6,11-13H2,1H3. The average Bonchev–Trinajstić information content (AvgIpc) is 2.48. The highest BCUT2D eigenvalue weighted by molar-refractivity contribution is 5.20. The highest BCUT2D eigenvalue weighted by Crippen LogP contribution is 2.08. The first kappa shape index (κ1) is 15.5. The summed E-state index contributed by atoms with van der Waals surface area (Å²) in [6.45, 7) is 3.70. The van der Waals surface area contributed by atoms with Crippen LogP contribution in [0.4, 0.5) is 4.39 Å². The lowest BCUT2D eigenvalue weighted by molar-refractivity contribution is 0.305. The molecule has 0 aromatic heterocycles. The van der Waals surface area contributed by atoms with Gasteiger partial charge in [0, 0.05) is 6.04 Å². The molecule has 21 heavy (non-hydrogen) atoms. The van der Waals surface area contributed by atoms with E-state index in [0.717, 1.165) is 30.7 Å². The van der Waals surface area contributed by atoms with E-state index in [1.165, 1.54) is 6.07 Å². The van der Waals surface area contributed by atoms with Crippen molar-refractivity contribution in [3.8, 4) is 5.75 Å². The summed E-state index contributed by atoms with van der Waals surface area (Å²) in [4.78, 5) is 0. The molecule has 0 aliphatic carbocycles. The fourth-order valence-electron chi connectivity index (χ4n) is 2.22. The summed E-state index contributed by atoms with van der Waals surface area (Å²) in [6, 6.07) is 16.9. The van der Waals surface area contributed by atoms with Gasteiger partial charge in [0.1, 0.15) is 11.6 Å². The Morgan fingerprint density at radius 3 is 2.67 bits per heavy atom. The van der Waals surface area contributed by atoms with Gasteiger partial charge in [0.15, 0.2) is 0 Å². The molecule has 1 atom stereocenters. The minimum absolute atomic E-state index is 0.170. The zero-order valence-corrected chi connectivity index (χ0v) is 12.4. The van der Waals surface area contributed by atoms with Gasteiger partial charge in [0.25, 0.3) is 0 Å².